The van der Waals surface area contributed by atoms with Crippen LogP contribution in [-0.2, 0) is 6.54 Å². The van der Waals surface area contributed by atoms with Crippen molar-refractivity contribution in [1.29, 1.82) is 0 Å². The number of likely N-dealkylation sites (tertiary alicyclic amines) is 1. The minimum absolute atomic E-state index is 0.197. The van der Waals surface area contributed by atoms with Crippen molar-refractivity contribution in [3.05, 3.63) is 65.2 Å². The molecule has 1 fully saturated rings. The maximum Gasteiger partial charge on any atom is 0.254 e. The van der Waals surface area contributed by atoms with Crippen molar-refractivity contribution in [2.45, 2.75) is 32.4 Å². The van der Waals surface area contributed by atoms with E-state index in [0.29, 0.717) is 19.5 Å². The van der Waals surface area contributed by atoms with Gasteiger partial charge in [-0.3, -0.25) is 4.79 Å². The molecule has 1 aromatic heterocycles. The van der Waals surface area contributed by atoms with Crippen molar-refractivity contribution in [2.24, 2.45) is 0 Å². The summed E-state index contributed by atoms with van der Waals surface area (Å²) >= 11 is 0. The van der Waals surface area contributed by atoms with Crippen LogP contribution in [0, 0.1) is 17.5 Å². The second-order valence-corrected chi connectivity index (χ2v) is 6.61. The van der Waals surface area contributed by atoms with Gasteiger partial charge in [0.2, 0.25) is 0 Å². The summed E-state index contributed by atoms with van der Waals surface area (Å²) in [6.07, 6.45) is 1.47. The Balaban J connectivity index is 1.74. The van der Waals surface area contributed by atoms with Crippen LogP contribution in [0.5, 0.6) is 0 Å². The molecule has 1 aliphatic rings. The Kier molecular flexibility index (Phi) is 4.37. The zero-order chi connectivity index (χ0) is 19.1. The van der Waals surface area contributed by atoms with Gasteiger partial charge in [0.1, 0.15) is 5.82 Å². The van der Waals surface area contributed by atoms with E-state index in [4.69, 9.17) is 4.98 Å². The number of para-hydroxylation sites is 2. The van der Waals surface area contributed by atoms with Crippen LogP contribution in [0.1, 0.15) is 42.0 Å². The van der Waals surface area contributed by atoms with Crippen LogP contribution in [-0.4, -0.2) is 26.9 Å². The number of aromatic nitrogens is 2. The Bertz CT molecular complexity index is 1010. The van der Waals surface area contributed by atoms with E-state index in [2.05, 4.69) is 4.57 Å². The fourth-order valence-corrected chi connectivity index (χ4v) is 3.80. The molecule has 0 bridgehead atoms. The van der Waals surface area contributed by atoms with E-state index in [1.54, 1.807) is 4.90 Å². The monoisotopic (exact) mass is 373 g/mol. The maximum absolute atomic E-state index is 13.6. The fraction of sp³-hybridized carbons (Fsp3) is 0.300. The van der Waals surface area contributed by atoms with Crippen LogP contribution in [0.15, 0.2) is 36.4 Å². The quantitative estimate of drug-likeness (QED) is 0.636. The van der Waals surface area contributed by atoms with Gasteiger partial charge in [-0.25, -0.2) is 18.2 Å². The number of halogens is 3. The van der Waals surface area contributed by atoms with Gasteiger partial charge in [0.15, 0.2) is 17.5 Å². The molecule has 1 saturated heterocycles. The molecule has 3 aromatic rings. The number of benzene rings is 2. The standard InChI is InChI=1S/C20H18F3N3O/c1-2-25-16-7-4-3-6-15(16)24-19(25)17-8-5-9-26(17)20(27)12-10-13(21)18(23)14(22)11-12/h3-4,6-7,10-11,17H,2,5,8-9H2,1H3. The number of hydrogen-bond donors (Lipinski definition) is 0. The third-order valence-electron chi connectivity index (χ3n) is 5.04. The number of carbonyl (C=O) groups excluding carboxylic acids is 1. The van der Waals surface area contributed by atoms with Gasteiger partial charge < -0.3 is 9.47 Å². The Morgan fingerprint density at radius 1 is 1.19 bits per heavy atom. The fourth-order valence-electron chi connectivity index (χ4n) is 3.80. The van der Waals surface area contributed by atoms with Crippen LogP contribution in [0.25, 0.3) is 11.0 Å². The molecule has 2 aromatic carbocycles. The van der Waals surface area contributed by atoms with E-state index in [9.17, 15) is 18.0 Å². The second-order valence-electron chi connectivity index (χ2n) is 6.61. The molecule has 0 N–H and O–H groups in total. The van der Waals surface area contributed by atoms with Crippen LogP contribution < -0.4 is 0 Å². The van der Waals surface area contributed by atoms with Crippen LogP contribution in [0.2, 0.25) is 0 Å². The first-order valence-corrected chi connectivity index (χ1v) is 8.92. The SMILES string of the molecule is CCn1c(C2CCCN2C(=O)c2cc(F)c(F)c(F)c2)nc2ccccc21. The van der Waals surface area contributed by atoms with Gasteiger partial charge in [-0.1, -0.05) is 12.1 Å². The van der Waals surface area contributed by atoms with Crippen molar-refractivity contribution in [1.82, 2.24) is 14.5 Å². The van der Waals surface area contributed by atoms with Crippen LogP contribution in [0.3, 0.4) is 0 Å². The van der Waals surface area contributed by atoms with Crippen molar-refractivity contribution >= 4 is 16.9 Å². The van der Waals surface area contributed by atoms with Gasteiger partial charge in [0.05, 0.1) is 17.1 Å². The summed E-state index contributed by atoms with van der Waals surface area (Å²) in [4.78, 5) is 19.2. The zero-order valence-corrected chi connectivity index (χ0v) is 14.8. The lowest BCUT2D eigenvalue weighted by Crippen LogP contribution is -2.32. The molecule has 4 nitrogen and oxygen atoms in total. The van der Waals surface area contributed by atoms with E-state index >= 15 is 0 Å². The predicted molar refractivity (Wildman–Crippen MR) is 94.7 cm³/mol. The lowest BCUT2D eigenvalue weighted by Gasteiger charge is -2.25. The molecule has 1 unspecified atom stereocenters. The molecule has 1 atom stereocenters. The van der Waals surface area contributed by atoms with Crippen LogP contribution in [0.4, 0.5) is 13.2 Å². The topological polar surface area (TPSA) is 38.1 Å². The first-order valence-electron chi connectivity index (χ1n) is 8.92. The molecule has 2 heterocycles. The third-order valence-corrected chi connectivity index (χ3v) is 5.04. The summed E-state index contributed by atoms with van der Waals surface area (Å²) in [5.74, 6) is -4.07. The summed E-state index contributed by atoms with van der Waals surface area (Å²) < 4.78 is 42.4. The molecule has 0 saturated carbocycles. The van der Waals surface area contributed by atoms with Gasteiger partial charge >= 0.3 is 0 Å². The van der Waals surface area contributed by atoms with Gasteiger partial charge in [0.25, 0.3) is 5.91 Å². The highest BCUT2D eigenvalue weighted by atomic mass is 19.2. The third kappa shape index (κ3) is 2.87. The highest BCUT2D eigenvalue weighted by Gasteiger charge is 2.34. The molecule has 1 amide bonds. The summed E-state index contributed by atoms with van der Waals surface area (Å²) in [5, 5.41) is 0. The lowest BCUT2D eigenvalue weighted by atomic mass is 10.1. The van der Waals surface area contributed by atoms with E-state index in [1.165, 1.54) is 0 Å². The molecule has 0 radical (unpaired) electrons. The molecular formula is C20H18F3N3O. The average Bonchev–Trinajstić information content (AvgIpc) is 3.28. The largest absolute Gasteiger partial charge is 0.328 e. The number of amides is 1. The molecule has 0 aliphatic carbocycles. The van der Waals surface area contributed by atoms with Gasteiger partial charge in [-0.15, -0.1) is 0 Å². The van der Waals surface area contributed by atoms with Crippen molar-refractivity contribution in [2.75, 3.05) is 6.54 Å². The van der Waals surface area contributed by atoms with E-state index in [1.807, 2.05) is 31.2 Å². The number of rotatable bonds is 3. The minimum Gasteiger partial charge on any atom is -0.328 e. The van der Waals surface area contributed by atoms with E-state index < -0.39 is 23.4 Å². The molecule has 4 rings (SSSR count). The van der Waals surface area contributed by atoms with E-state index in [0.717, 1.165) is 35.4 Å². The second kappa shape index (κ2) is 6.72. The smallest absolute Gasteiger partial charge is 0.254 e. The van der Waals surface area contributed by atoms with Crippen molar-refractivity contribution in [3.63, 3.8) is 0 Å². The highest BCUT2D eigenvalue weighted by molar-refractivity contribution is 5.94. The normalized spacial score (nSPS) is 17.0. The van der Waals surface area contributed by atoms with Crippen LogP contribution >= 0.6 is 0 Å². The lowest BCUT2D eigenvalue weighted by molar-refractivity contribution is 0.0726. The number of fused-ring (bicyclic) bond motifs is 1. The predicted octanol–water partition coefficient (Wildman–Crippen LogP) is 4.45. The molecule has 140 valence electrons. The molecule has 7 heteroatoms. The van der Waals surface area contributed by atoms with Crippen molar-refractivity contribution < 1.29 is 18.0 Å². The number of hydrogen-bond acceptors (Lipinski definition) is 2. The number of nitrogens with zero attached hydrogens (tertiary/aromatic N) is 3. The summed E-state index contributed by atoms with van der Waals surface area (Å²) in [6.45, 7) is 3.15. The first-order chi connectivity index (χ1) is 13.0. The molecular weight excluding hydrogens is 355 g/mol. The van der Waals surface area contributed by atoms with Crippen molar-refractivity contribution in [3.8, 4) is 0 Å². The molecule has 27 heavy (non-hydrogen) atoms. The van der Waals surface area contributed by atoms with Gasteiger partial charge in [-0.05, 0) is 44.0 Å². The number of aryl methyl sites for hydroxylation is 1. The number of imidazole rings is 1. The Morgan fingerprint density at radius 2 is 1.89 bits per heavy atom. The van der Waals surface area contributed by atoms with Gasteiger partial charge in [-0.2, -0.15) is 0 Å². The highest BCUT2D eigenvalue weighted by Crippen LogP contribution is 2.34. The number of carbonyl (C=O) groups is 1. The summed E-state index contributed by atoms with van der Waals surface area (Å²) in [7, 11) is 0. The Hall–Kier alpha value is -2.83. The zero-order valence-electron chi connectivity index (χ0n) is 14.8. The maximum atomic E-state index is 13.6. The average molecular weight is 373 g/mol. The Labute approximate surface area is 154 Å². The molecule has 0 spiro atoms. The Morgan fingerprint density at radius 3 is 2.59 bits per heavy atom. The van der Waals surface area contributed by atoms with Gasteiger partial charge in [0, 0.05) is 18.7 Å². The summed E-state index contributed by atoms with van der Waals surface area (Å²) in [6, 6.07) is 8.93. The summed E-state index contributed by atoms with van der Waals surface area (Å²) in [5.41, 5.74) is 1.62. The van der Waals surface area contributed by atoms with E-state index in [-0.39, 0.29) is 11.6 Å². The molecule has 1 aliphatic heterocycles. The first kappa shape index (κ1) is 17.6. The minimum atomic E-state index is -1.57.